The Kier molecular flexibility index (Phi) is 7.01. The highest BCUT2D eigenvalue weighted by Gasteiger charge is 2.19. The molecule has 33 heavy (non-hydrogen) atoms. The summed E-state index contributed by atoms with van der Waals surface area (Å²) in [7, 11) is 6.36. The molecule has 0 radical (unpaired) electrons. The Morgan fingerprint density at radius 1 is 1.09 bits per heavy atom. The zero-order valence-corrected chi connectivity index (χ0v) is 19.8. The summed E-state index contributed by atoms with van der Waals surface area (Å²) in [4.78, 5) is 45.0. The van der Waals surface area contributed by atoms with Gasteiger partial charge in [-0.2, -0.15) is 0 Å². The maximum Gasteiger partial charge on any atom is 0.339 e. The number of fused-ring (bicyclic) bond motifs is 1. The number of aromatic nitrogens is 2. The summed E-state index contributed by atoms with van der Waals surface area (Å²) in [5.41, 5.74) is 3.71. The van der Waals surface area contributed by atoms with E-state index in [-0.39, 0.29) is 24.0 Å². The second kappa shape index (κ2) is 9.72. The van der Waals surface area contributed by atoms with Crippen LogP contribution in [0.3, 0.4) is 0 Å². The van der Waals surface area contributed by atoms with E-state index in [0.29, 0.717) is 29.1 Å². The number of benzene rings is 2. The maximum atomic E-state index is 12.9. The molecule has 0 fully saturated rings. The fourth-order valence-corrected chi connectivity index (χ4v) is 3.59. The number of carbonyl (C=O) groups is 3. The number of nitrogens with zero attached hydrogens (tertiary/aromatic N) is 4. The molecular weight excluding hydrogens is 422 g/mol. The van der Waals surface area contributed by atoms with Crippen LogP contribution in [0.15, 0.2) is 36.4 Å². The minimum absolute atomic E-state index is 0.0967. The highest BCUT2D eigenvalue weighted by atomic mass is 16.5. The topological polar surface area (TPSA) is 96.8 Å². The number of hydrogen-bond donors (Lipinski definition) is 1. The second-order valence-corrected chi connectivity index (χ2v) is 8.00. The third-order valence-corrected chi connectivity index (χ3v) is 5.34. The zero-order chi connectivity index (χ0) is 24.3. The fourth-order valence-electron chi connectivity index (χ4n) is 3.59. The van der Waals surface area contributed by atoms with E-state index in [2.05, 4.69) is 10.3 Å². The lowest BCUT2D eigenvalue weighted by molar-refractivity contribution is 0.0601. The molecule has 0 aliphatic heterocycles. The van der Waals surface area contributed by atoms with Crippen molar-refractivity contribution in [2.45, 2.75) is 26.9 Å². The van der Waals surface area contributed by atoms with Gasteiger partial charge in [0.25, 0.3) is 5.91 Å². The number of amides is 3. The molecule has 3 rings (SSSR count). The number of ether oxygens (including phenoxy) is 1. The van der Waals surface area contributed by atoms with Gasteiger partial charge >= 0.3 is 12.0 Å². The Labute approximate surface area is 192 Å². The third kappa shape index (κ3) is 4.97. The van der Waals surface area contributed by atoms with Gasteiger partial charge in [-0.3, -0.25) is 4.79 Å². The van der Waals surface area contributed by atoms with E-state index < -0.39 is 5.97 Å². The number of imidazole rings is 1. The molecule has 0 spiro atoms. The number of rotatable bonds is 6. The Morgan fingerprint density at radius 2 is 1.82 bits per heavy atom. The van der Waals surface area contributed by atoms with Crippen LogP contribution in [0, 0.1) is 6.92 Å². The van der Waals surface area contributed by atoms with Gasteiger partial charge in [0.2, 0.25) is 0 Å². The van der Waals surface area contributed by atoms with Gasteiger partial charge in [-0.25, -0.2) is 14.6 Å². The summed E-state index contributed by atoms with van der Waals surface area (Å²) in [6, 6.07) is 10.2. The Hall–Kier alpha value is -3.88. The van der Waals surface area contributed by atoms with Crippen molar-refractivity contribution in [1.82, 2.24) is 19.4 Å². The molecule has 3 aromatic rings. The molecule has 0 bridgehead atoms. The predicted molar refractivity (Wildman–Crippen MR) is 126 cm³/mol. The predicted octanol–water partition coefficient (Wildman–Crippen LogP) is 3.52. The molecule has 0 aliphatic carbocycles. The van der Waals surface area contributed by atoms with E-state index in [0.717, 1.165) is 11.1 Å². The molecule has 2 aromatic carbocycles. The highest BCUT2D eigenvalue weighted by Crippen LogP contribution is 2.22. The van der Waals surface area contributed by atoms with Crippen molar-refractivity contribution in [2.24, 2.45) is 0 Å². The highest BCUT2D eigenvalue weighted by molar-refractivity contribution is 6.01. The van der Waals surface area contributed by atoms with Crippen LogP contribution < -0.4 is 5.32 Å². The molecule has 0 atom stereocenters. The van der Waals surface area contributed by atoms with Gasteiger partial charge in [0.05, 0.1) is 35.9 Å². The molecule has 9 heteroatoms. The first-order chi connectivity index (χ1) is 15.7. The van der Waals surface area contributed by atoms with Gasteiger partial charge in [-0.1, -0.05) is 6.07 Å². The van der Waals surface area contributed by atoms with Crippen LogP contribution >= 0.6 is 0 Å². The van der Waals surface area contributed by atoms with Gasteiger partial charge in [-0.05, 0) is 49.7 Å². The number of esters is 1. The first-order valence-electron chi connectivity index (χ1n) is 10.6. The number of nitrogens with one attached hydrogen (secondary N) is 1. The third-order valence-electron chi connectivity index (χ3n) is 5.34. The molecule has 0 saturated carbocycles. The second-order valence-electron chi connectivity index (χ2n) is 8.00. The minimum Gasteiger partial charge on any atom is -0.465 e. The molecule has 0 aliphatic rings. The number of anilines is 1. The van der Waals surface area contributed by atoms with Crippen molar-refractivity contribution in [2.75, 3.05) is 33.6 Å². The van der Waals surface area contributed by atoms with Gasteiger partial charge in [0.1, 0.15) is 5.82 Å². The lowest BCUT2D eigenvalue weighted by Gasteiger charge is -2.19. The molecule has 0 saturated heterocycles. The van der Waals surface area contributed by atoms with Crippen LogP contribution in [0.25, 0.3) is 11.0 Å². The van der Waals surface area contributed by atoms with E-state index >= 15 is 0 Å². The number of carbonyl (C=O) groups excluding carboxylic acids is 3. The fraction of sp³-hybridized carbons (Fsp3) is 0.333. The summed E-state index contributed by atoms with van der Waals surface area (Å²) < 4.78 is 6.82. The largest absolute Gasteiger partial charge is 0.465 e. The Morgan fingerprint density at radius 3 is 2.45 bits per heavy atom. The van der Waals surface area contributed by atoms with Crippen LogP contribution in [0.4, 0.5) is 10.5 Å². The average Bonchev–Trinajstić information content (AvgIpc) is 3.13. The molecule has 3 amide bonds. The first-order valence-corrected chi connectivity index (χ1v) is 10.6. The van der Waals surface area contributed by atoms with Crippen LogP contribution in [0.2, 0.25) is 0 Å². The van der Waals surface area contributed by atoms with Crippen molar-refractivity contribution in [3.8, 4) is 0 Å². The quantitative estimate of drug-likeness (QED) is 0.579. The number of hydrogen-bond acceptors (Lipinski definition) is 5. The lowest BCUT2D eigenvalue weighted by atomic mass is 10.1. The average molecular weight is 452 g/mol. The summed E-state index contributed by atoms with van der Waals surface area (Å²) in [6.07, 6.45) is 0. The number of aryl methyl sites for hydroxylation is 2. The van der Waals surface area contributed by atoms with E-state index in [4.69, 9.17) is 4.74 Å². The number of urea groups is 1. The van der Waals surface area contributed by atoms with Gasteiger partial charge in [0, 0.05) is 33.3 Å². The molecule has 0 unspecified atom stereocenters. The van der Waals surface area contributed by atoms with E-state index in [9.17, 15) is 14.4 Å². The monoisotopic (exact) mass is 451 g/mol. The first kappa shape index (κ1) is 23.8. The molecule has 1 N–H and O–H groups in total. The minimum atomic E-state index is -0.524. The van der Waals surface area contributed by atoms with Crippen molar-refractivity contribution in [3.05, 3.63) is 58.9 Å². The van der Waals surface area contributed by atoms with Gasteiger partial charge in [-0.15, -0.1) is 0 Å². The van der Waals surface area contributed by atoms with E-state index in [1.165, 1.54) is 16.9 Å². The molecule has 9 nitrogen and oxygen atoms in total. The zero-order valence-electron chi connectivity index (χ0n) is 19.8. The molecule has 1 heterocycles. The standard InChI is InChI=1S/C24H29N5O4/c1-7-29-20-11-9-16(22(30)27(3)4)13-19(20)25-21(29)14-28(5)24(32)26-18-12-15(2)8-10-17(18)23(31)33-6/h8-13H,7,14H2,1-6H3,(H,26,32). The SMILES string of the molecule is CCn1c(CN(C)C(=O)Nc2cc(C)ccc2C(=O)OC)nc2cc(C(=O)N(C)C)ccc21. The van der Waals surface area contributed by atoms with Crippen molar-refractivity contribution in [3.63, 3.8) is 0 Å². The van der Waals surface area contributed by atoms with Crippen LogP contribution in [-0.2, 0) is 17.8 Å². The summed E-state index contributed by atoms with van der Waals surface area (Å²) in [5.74, 6) is 0.0707. The molecule has 1 aromatic heterocycles. The summed E-state index contributed by atoms with van der Waals surface area (Å²) in [5, 5.41) is 2.79. The summed E-state index contributed by atoms with van der Waals surface area (Å²) in [6.45, 7) is 4.77. The Balaban J connectivity index is 1.85. The molecular formula is C24H29N5O4. The van der Waals surface area contributed by atoms with Crippen molar-refractivity contribution < 1.29 is 19.1 Å². The van der Waals surface area contributed by atoms with Crippen LogP contribution in [-0.4, -0.2) is 65.5 Å². The van der Waals surface area contributed by atoms with Crippen molar-refractivity contribution >= 4 is 34.6 Å². The Bertz CT molecular complexity index is 1220. The van der Waals surface area contributed by atoms with E-state index in [1.54, 1.807) is 51.5 Å². The van der Waals surface area contributed by atoms with Crippen molar-refractivity contribution in [1.29, 1.82) is 0 Å². The van der Waals surface area contributed by atoms with Gasteiger partial charge in [0.15, 0.2) is 0 Å². The van der Waals surface area contributed by atoms with E-state index in [1.807, 2.05) is 24.5 Å². The lowest BCUT2D eigenvalue weighted by Crippen LogP contribution is -2.32. The molecule has 174 valence electrons. The van der Waals surface area contributed by atoms with Crippen LogP contribution in [0.1, 0.15) is 39.0 Å². The maximum absolute atomic E-state index is 12.9. The van der Waals surface area contributed by atoms with Crippen LogP contribution in [0.5, 0.6) is 0 Å². The summed E-state index contributed by atoms with van der Waals surface area (Å²) >= 11 is 0. The number of methoxy groups -OCH3 is 1. The normalized spacial score (nSPS) is 10.7. The van der Waals surface area contributed by atoms with Gasteiger partial charge < -0.3 is 24.4 Å². The smallest absolute Gasteiger partial charge is 0.339 e.